The van der Waals surface area contributed by atoms with Crippen LogP contribution in [0.5, 0.6) is 0 Å². The van der Waals surface area contributed by atoms with Crippen LogP contribution in [-0.4, -0.2) is 54.7 Å². The van der Waals surface area contributed by atoms with Crippen LogP contribution < -0.4 is 5.73 Å². The van der Waals surface area contributed by atoms with E-state index in [-0.39, 0.29) is 28.8 Å². The van der Waals surface area contributed by atoms with E-state index < -0.39 is 5.97 Å². The number of likely N-dealkylation sites (tertiary alicyclic amines) is 1. The lowest BCUT2D eigenvalue weighted by molar-refractivity contribution is -0.127. The van der Waals surface area contributed by atoms with E-state index >= 15 is 0 Å². The second kappa shape index (κ2) is 5.67. The van der Waals surface area contributed by atoms with Crippen molar-refractivity contribution in [2.24, 2.45) is 0 Å². The summed E-state index contributed by atoms with van der Waals surface area (Å²) in [4.78, 5) is 32.9. The summed E-state index contributed by atoms with van der Waals surface area (Å²) in [6, 6.07) is -0.169. The van der Waals surface area contributed by atoms with Crippen molar-refractivity contribution in [3.63, 3.8) is 0 Å². The van der Waals surface area contributed by atoms with Crippen molar-refractivity contribution in [2.75, 3.05) is 18.8 Å². The van der Waals surface area contributed by atoms with Gasteiger partial charge in [-0.3, -0.25) is 4.79 Å². The predicted octanol–water partition coefficient (Wildman–Crippen LogP) is 0.456. The first-order valence-electron chi connectivity index (χ1n) is 7.16. The maximum absolute atomic E-state index is 11.8. The van der Waals surface area contributed by atoms with E-state index in [1.807, 2.05) is 0 Å². The van der Waals surface area contributed by atoms with Gasteiger partial charge < -0.3 is 15.7 Å². The van der Waals surface area contributed by atoms with Gasteiger partial charge in [-0.1, -0.05) is 6.58 Å². The van der Waals surface area contributed by atoms with E-state index in [1.54, 1.807) is 9.58 Å². The van der Waals surface area contributed by atoms with Crippen molar-refractivity contribution in [3.8, 4) is 0 Å². The summed E-state index contributed by atoms with van der Waals surface area (Å²) in [5.41, 5.74) is 5.98. The van der Waals surface area contributed by atoms with E-state index in [1.165, 1.54) is 12.4 Å². The van der Waals surface area contributed by atoms with Gasteiger partial charge in [-0.2, -0.15) is 5.10 Å². The zero-order valence-electron chi connectivity index (χ0n) is 12.3. The van der Waals surface area contributed by atoms with Crippen LogP contribution in [0.25, 0.3) is 11.0 Å². The highest BCUT2D eigenvalue weighted by atomic mass is 16.4. The number of anilines is 1. The van der Waals surface area contributed by atoms with Crippen molar-refractivity contribution >= 4 is 28.7 Å². The molecule has 9 heteroatoms. The fourth-order valence-electron chi connectivity index (χ4n) is 2.88. The van der Waals surface area contributed by atoms with Gasteiger partial charge in [0.15, 0.2) is 11.3 Å². The van der Waals surface area contributed by atoms with Gasteiger partial charge >= 0.3 is 5.97 Å². The molecule has 3 N–H and O–H groups in total. The van der Waals surface area contributed by atoms with E-state index in [2.05, 4.69) is 21.6 Å². The Morgan fingerprint density at radius 1 is 1.43 bits per heavy atom. The van der Waals surface area contributed by atoms with E-state index in [9.17, 15) is 14.7 Å². The number of carboxylic acids is 1. The maximum atomic E-state index is 11.8. The van der Waals surface area contributed by atoms with Crippen LogP contribution in [0.4, 0.5) is 5.82 Å². The van der Waals surface area contributed by atoms with Gasteiger partial charge in [0.05, 0.1) is 11.4 Å². The number of nitrogens with two attached hydrogens (primary N) is 1. The van der Waals surface area contributed by atoms with Gasteiger partial charge in [0.25, 0.3) is 0 Å². The zero-order chi connectivity index (χ0) is 16.6. The molecule has 23 heavy (non-hydrogen) atoms. The molecule has 2 aromatic heterocycles. The largest absolute Gasteiger partial charge is 0.476 e. The summed E-state index contributed by atoms with van der Waals surface area (Å²) < 4.78 is 1.54. The number of hydrogen-bond donors (Lipinski definition) is 2. The first kappa shape index (κ1) is 14.9. The first-order chi connectivity index (χ1) is 11.0. The minimum atomic E-state index is -1.19. The van der Waals surface area contributed by atoms with Crippen LogP contribution in [0.15, 0.2) is 19.0 Å². The standard InChI is InChI=1S/C14H16N6O3/c1-2-9(21)19-5-3-4-8(6-19)20-13-10(11(18-20)14(22)23)12(15)16-7-17-13/h2,7-8H,1,3-6H2,(H,22,23)(H2,15,16,17)/t8-/m1/s1. The van der Waals surface area contributed by atoms with Gasteiger partial charge in [0.1, 0.15) is 12.1 Å². The molecule has 2 aromatic rings. The molecule has 3 heterocycles. The van der Waals surface area contributed by atoms with Crippen molar-refractivity contribution in [1.29, 1.82) is 0 Å². The van der Waals surface area contributed by atoms with E-state index in [4.69, 9.17) is 5.73 Å². The summed E-state index contributed by atoms with van der Waals surface area (Å²) in [6.45, 7) is 4.56. The van der Waals surface area contributed by atoms with Crippen molar-refractivity contribution in [2.45, 2.75) is 18.9 Å². The molecule has 0 unspecified atom stereocenters. The molecular weight excluding hydrogens is 300 g/mol. The molecule has 1 aliphatic rings. The lowest BCUT2D eigenvalue weighted by Gasteiger charge is -2.32. The van der Waals surface area contributed by atoms with Crippen LogP contribution in [0.2, 0.25) is 0 Å². The molecule has 0 saturated carbocycles. The number of fused-ring (bicyclic) bond motifs is 1. The fraction of sp³-hybridized carbons (Fsp3) is 0.357. The lowest BCUT2D eigenvalue weighted by Crippen LogP contribution is -2.40. The quantitative estimate of drug-likeness (QED) is 0.787. The van der Waals surface area contributed by atoms with Crippen LogP contribution in [-0.2, 0) is 4.79 Å². The molecule has 9 nitrogen and oxygen atoms in total. The molecule has 0 bridgehead atoms. The van der Waals surface area contributed by atoms with Crippen LogP contribution in [0.3, 0.4) is 0 Å². The average Bonchev–Trinajstić information content (AvgIpc) is 2.95. The van der Waals surface area contributed by atoms with Gasteiger partial charge in [0, 0.05) is 13.1 Å². The summed E-state index contributed by atoms with van der Waals surface area (Å²) in [7, 11) is 0. The smallest absolute Gasteiger partial charge is 0.357 e. The molecule has 0 radical (unpaired) electrons. The number of amides is 1. The highest BCUT2D eigenvalue weighted by Crippen LogP contribution is 2.28. The number of piperidine rings is 1. The van der Waals surface area contributed by atoms with E-state index in [0.29, 0.717) is 18.7 Å². The number of carbonyl (C=O) groups is 2. The SMILES string of the molecule is C=CC(=O)N1CCC[C@@H](n2nc(C(=O)O)c3c(N)ncnc32)C1. The average molecular weight is 316 g/mol. The molecule has 1 aliphatic heterocycles. The van der Waals surface area contributed by atoms with E-state index in [0.717, 1.165) is 12.8 Å². The van der Waals surface area contributed by atoms with Crippen molar-refractivity contribution in [3.05, 3.63) is 24.7 Å². The molecule has 1 saturated heterocycles. The molecule has 0 spiro atoms. The van der Waals surface area contributed by atoms with Gasteiger partial charge in [-0.25, -0.2) is 19.4 Å². The lowest BCUT2D eigenvalue weighted by atomic mass is 10.1. The predicted molar refractivity (Wildman–Crippen MR) is 81.7 cm³/mol. The Morgan fingerprint density at radius 3 is 2.91 bits per heavy atom. The Morgan fingerprint density at radius 2 is 2.22 bits per heavy atom. The Bertz CT molecular complexity index is 799. The minimum absolute atomic E-state index is 0.0773. The number of aromatic carboxylic acids is 1. The zero-order valence-corrected chi connectivity index (χ0v) is 12.3. The van der Waals surface area contributed by atoms with Crippen LogP contribution in [0, 0.1) is 0 Å². The van der Waals surface area contributed by atoms with Gasteiger partial charge in [-0.05, 0) is 18.9 Å². The molecule has 0 aromatic carbocycles. The Kier molecular flexibility index (Phi) is 3.68. The molecule has 1 amide bonds. The summed E-state index contributed by atoms with van der Waals surface area (Å²) in [5, 5.41) is 13.7. The van der Waals surface area contributed by atoms with Crippen molar-refractivity contribution in [1.82, 2.24) is 24.6 Å². The molecule has 120 valence electrons. The normalized spacial score (nSPS) is 18.1. The number of nitrogen functional groups attached to an aromatic ring is 1. The first-order valence-corrected chi connectivity index (χ1v) is 7.16. The Balaban J connectivity index is 2.06. The van der Waals surface area contributed by atoms with Crippen LogP contribution >= 0.6 is 0 Å². The topological polar surface area (TPSA) is 127 Å². The second-order valence-corrected chi connectivity index (χ2v) is 5.34. The number of carbonyl (C=O) groups excluding carboxylic acids is 1. The van der Waals surface area contributed by atoms with Crippen molar-refractivity contribution < 1.29 is 14.7 Å². The Hall–Kier alpha value is -2.97. The third-order valence-electron chi connectivity index (χ3n) is 3.95. The number of aromatic nitrogens is 4. The molecule has 1 atom stereocenters. The fourth-order valence-corrected chi connectivity index (χ4v) is 2.88. The van der Waals surface area contributed by atoms with Gasteiger partial charge in [0.2, 0.25) is 5.91 Å². The summed E-state index contributed by atoms with van der Waals surface area (Å²) >= 11 is 0. The second-order valence-electron chi connectivity index (χ2n) is 5.34. The number of carboxylic acid groups (broad SMARTS) is 1. The highest BCUT2D eigenvalue weighted by molar-refractivity contribution is 6.04. The summed E-state index contributed by atoms with van der Waals surface area (Å²) in [6.07, 6.45) is 4.10. The molecule has 3 rings (SSSR count). The monoisotopic (exact) mass is 316 g/mol. The van der Waals surface area contributed by atoms with Gasteiger partial charge in [-0.15, -0.1) is 0 Å². The Labute approximate surface area is 131 Å². The third-order valence-corrected chi connectivity index (χ3v) is 3.95. The number of rotatable bonds is 3. The molecular formula is C14H16N6O3. The third kappa shape index (κ3) is 2.50. The molecule has 0 aliphatic carbocycles. The van der Waals surface area contributed by atoms with Crippen LogP contribution in [0.1, 0.15) is 29.4 Å². The molecule has 1 fully saturated rings. The number of hydrogen-bond acceptors (Lipinski definition) is 6. The summed E-state index contributed by atoms with van der Waals surface area (Å²) in [5.74, 6) is -1.27. The highest BCUT2D eigenvalue weighted by Gasteiger charge is 2.29. The minimum Gasteiger partial charge on any atom is -0.476 e. The maximum Gasteiger partial charge on any atom is 0.357 e. The number of nitrogens with zero attached hydrogens (tertiary/aromatic N) is 5.